The summed E-state index contributed by atoms with van der Waals surface area (Å²) in [5, 5.41) is 3.00. The second kappa shape index (κ2) is 8.39. The fourth-order valence-electron chi connectivity index (χ4n) is 2.79. The van der Waals surface area contributed by atoms with Crippen molar-refractivity contribution in [3.63, 3.8) is 0 Å². The number of aryl methyl sites for hydroxylation is 2. The van der Waals surface area contributed by atoms with E-state index in [1.165, 1.54) is 18.4 Å². The number of fused-ring (bicyclic) bond motifs is 1. The second-order valence-electron chi connectivity index (χ2n) is 7.31. The largest absolute Gasteiger partial charge is 0.353 e. The van der Waals surface area contributed by atoms with E-state index in [9.17, 15) is 13.2 Å². The molecule has 1 unspecified atom stereocenters. The number of hydrogen-bond acceptors (Lipinski definition) is 4. The van der Waals surface area contributed by atoms with Crippen LogP contribution in [-0.4, -0.2) is 48.3 Å². The lowest BCUT2D eigenvalue weighted by Crippen LogP contribution is -2.36. The molecule has 27 heavy (non-hydrogen) atoms. The zero-order valence-corrected chi connectivity index (χ0v) is 17.8. The first-order valence-electron chi connectivity index (χ1n) is 9.29. The smallest absolute Gasteiger partial charge is 0.242 e. The highest BCUT2D eigenvalue weighted by Crippen LogP contribution is 2.22. The summed E-state index contributed by atoms with van der Waals surface area (Å²) in [6.45, 7) is 8.85. The average Bonchev–Trinajstić information content (AvgIpc) is 2.96. The Morgan fingerprint density at radius 1 is 1.26 bits per heavy atom. The van der Waals surface area contributed by atoms with Crippen molar-refractivity contribution >= 4 is 27.0 Å². The van der Waals surface area contributed by atoms with Gasteiger partial charge in [0.05, 0.1) is 15.9 Å². The van der Waals surface area contributed by atoms with Gasteiger partial charge >= 0.3 is 0 Å². The number of imidazole rings is 1. The van der Waals surface area contributed by atoms with Crippen LogP contribution in [0.3, 0.4) is 0 Å². The van der Waals surface area contributed by atoms with Crippen LogP contribution in [0.25, 0.3) is 11.0 Å². The molecule has 1 N–H and O–H groups in total. The zero-order chi connectivity index (χ0) is 20.4. The van der Waals surface area contributed by atoms with Crippen molar-refractivity contribution in [2.24, 2.45) is 5.92 Å². The average molecular weight is 395 g/mol. The van der Waals surface area contributed by atoms with Crippen LogP contribution in [0, 0.1) is 5.92 Å². The van der Waals surface area contributed by atoms with Crippen LogP contribution in [0.1, 0.15) is 39.9 Å². The van der Waals surface area contributed by atoms with E-state index in [1.54, 1.807) is 18.2 Å². The number of benzene rings is 1. The summed E-state index contributed by atoms with van der Waals surface area (Å²) >= 11 is 0. The Kier molecular flexibility index (Phi) is 6.64. The third-order valence-electron chi connectivity index (χ3n) is 4.86. The molecule has 1 heterocycles. The van der Waals surface area contributed by atoms with Crippen LogP contribution in [0.5, 0.6) is 0 Å². The summed E-state index contributed by atoms with van der Waals surface area (Å²) in [6.07, 6.45) is 0.859. The first kappa shape index (κ1) is 21.4. The molecule has 0 bridgehead atoms. The minimum atomic E-state index is -3.51. The molecular weight excluding hydrogens is 364 g/mol. The van der Waals surface area contributed by atoms with Gasteiger partial charge in [-0.15, -0.1) is 0 Å². The molecule has 0 aliphatic carbocycles. The number of nitrogens with zero attached hydrogens (tertiary/aromatic N) is 3. The molecule has 1 atom stereocenters. The molecule has 8 heteroatoms. The SMILES string of the molecule is CCn1c(CCC(=O)NC(C)C(C)C)nc2cc(S(=O)(=O)N(C)C)ccc21. The lowest BCUT2D eigenvalue weighted by Gasteiger charge is -2.17. The first-order chi connectivity index (χ1) is 12.6. The number of aromatic nitrogens is 2. The second-order valence-corrected chi connectivity index (χ2v) is 9.46. The topological polar surface area (TPSA) is 84.3 Å². The molecule has 0 radical (unpaired) electrons. The van der Waals surface area contributed by atoms with Crippen LogP contribution in [0.15, 0.2) is 23.1 Å². The van der Waals surface area contributed by atoms with Gasteiger partial charge in [0.2, 0.25) is 15.9 Å². The Balaban J connectivity index is 2.26. The molecule has 0 aliphatic rings. The highest BCUT2D eigenvalue weighted by Gasteiger charge is 2.20. The van der Waals surface area contributed by atoms with E-state index >= 15 is 0 Å². The molecule has 0 spiro atoms. The number of rotatable bonds is 8. The minimum absolute atomic E-state index is 0.00165. The fourth-order valence-corrected chi connectivity index (χ4v) is 3.71. The van der Waals surface area contributed by atoms with Gasteiger partial charge < -0.3 is 9.88 Å². The van der Waals surface area contributed by atoms with E-state index in [0.717, 1.165) is 11.3 Å². The van der Waals surface area contributed by atoms with Crippen LogP contribution in [0.4, 0.5) is 0 Å². The summed E-state index contributed by atoms with van der Waals surface area (Å²) in [4.78, 5) is 17.0. The number of carbonyl (C=O) groups is 1. The summed E-state index contributed by atoms with van der Waals surface area (Å²) in [5.41, 5.74) is 1.51. The minimum Gasteiger partial charge on any atom is -0.353 e. The van der Waals surface area contributed by atoms with E-state index in [4.69, 9.17) is 0 Å². The van der Waals surface area contributed by atoms with Crippen LogP contribution < -0.4 is 5.32 Å². The monoisotopic (exact) mass is 394 g/mol. The van der Waals surface area contributed by atoms with Gasteiger partial charge in [-0.05, 0) is 38.0 Å². The highest BCUT2D eigenvalue weighted by molar-refractivity contribution is 7.89. The van der Waals surface area contributed by atoms with E-state index in [1.807, 2.05) is 18.4 Å². The molecule has 0 saturated heterocycles. The summed E-state index contributed by atoms with van der Waals surface area (Å²) < 4.78 is 27.9. The molecule has 1 amide bonds. The van der Waals surface area contributed by atoms with Crippen LogP contribution >= 0.6 is 0 Å². The van der Waals surface area contributed by atoms with Gasteiger partial charge in [0.15, 0.2) is 0 Å². The predicted octanol–water partition coefficient (Wildman–Crippen LogP) is 2.40. The predicted molar refractivity (Wildman–Crippen MR) is 107 cm³/mol. The molecule has 1 aromatic heterocycles. The summed E-state index contributed by atoms with van der Waals surface area (Å²) in [7, 11) is -0.493. The molecule has 150 valence electrons. The molecule has 2 aromatic rings. The standard InChI is InChI=1S/C19H30N4O3S/c1-7-23-17-9-8-15(27(25,26)22(5)6)12-16(17)21-18(23)10-11-19(24)20-14(4)13(2)3/h8-9,12-14H,7,10-11H2,1-6H3,(H,20,24). The lowest BCUT2D eigenvalue weighted by molar-refractivity contribution is -0.121. The number of hydrogen-bond donors (Lipinski definition) is 1. The van der Waals surface area contributed by atoms with Crippen molar-refractivity contribution < 1.29 is 13.2 Å². The van der Waals surface area contributed by atoms with E-state index < -0.39 is 10.0 Å². The van der Waals surface area contributed by atoms with Crippen molar-refractivity contribution in [3.8, 4) is 0 Å². The van der Waals surface area contributed by atoms with Crippen molar-refractivity contribution in [1.29, 1.82) is 0 Å². The van der Waals surface area contributed by atoms with Gasteiger partial charge in [-0.1, -0.05) is 13.8 Å². The van der Waals surface area contributed by atoms with Crippen molar-refractivity contribution in [1.82, 2.24) is 19.2 Å². The molecule has 0 aliphatic heterocycles. The molecule has 0 saturated carbocycles. The number of amides is 1. The van der Waals surface area contributed by atoms with E-state index in [2.05, 4.69) is 24.1 Å². The molecule has 7 nitrogen and oxygen atoms in total. The van der Waals surface area contributed by atoms with Gasteiger partial charge in [-0.25, -0.2) is 17.7 Å². The third-order valence-corrected chi connectivity index (χ3v) is 6.67. The van der Waals surface area contributed by atoms with Gasteiger partial charge in [0.1, 0.15) is 5.82 Å². The zero-order valence-electron chi connectivity index (χ0n) is 17.0. The van der Waals surface area contributed by atoms with E-state index in [0.29, 0.717) is 30.8 Å². The van der Waals surface area contributed by atoms with Crippen molar-refractivity contribution in [2.75, 3.05) is 14.1 Å². The maximum absolute atomic E-state index is 12.3. The molecular formula is C19H30N4O3S. The Bertz CT molecular complexity index is 916. The molecule has 0 fully saturated rings. The van der Waals surface area contributed by atoms with E-state index in [-0.39, 0.29) is 16.8 Å². The van der Waals surface area contributed by atoms with Gasteiger partial charge in [0, 0.05) is 39.5 Å². The Morgan fingerprint density at radius 2 is 1.93 bits per heavy atom. The molecule has 1 aromatic carbocycles. The Morgan fingerprint density at radius 3 is 2.48 bits per heavy atom. The first-order valence-corrected chi connectivity index (χ1v) is 10.7. The third kappa shape index (κ3) is 4.68. The van der Waals surface area contributed by atoms with Crippen LogP contribution in [-0.2, 0) is 27.8 Å². The van der Waals surface area contributed by atoms with Gasteiger partial charge in [-0.3, -0.25) is 4.79 Å². The Hall–Kier alpha value is -1.93. The van der Waals surface area contributed by atoms with Gasteiger partial charge in [0.25, 0.3) is 0 Å². The van der Waals surface area contributed by atoms with Crippen molar-refractivity contribution in [3.05, 3.63) is 24.0 Å². The number of sulfonamides is 1. The highest BCUT2D eigenvalue weighted by atomic mass is 32.2. The normalized spacial score (nSPS) is 13.5. The van der Waals surface area contributed by atoms with Crippen LogP contribution in [0.2, 0.25) is 0 Å². The summed E-state index contributed by atoms with van der Waals surface area (Å²) in [6, 6.07) is 5.11. The lowest BCUT2D eigenvalue weighted by atomic mass is 10.1. The maximum Gasteiger partial charge on any atom is 0.242 e. The maximum atomic E-state index is 12.3. The Labute approximate surface area is 161 Å². The fraction of sp³-hybridized carbons (Fsp3) is 0.579. The number of carbonyl (C=O) groups excluding carboxylic acids is 1. The quantitative estimate of drug-likeness (QED) is 0.745. The van der Waals surface area contributed by atoms with Gasteiger partial charge in [-0.2, -0.15) is 0 Å². The van der Waals surface area contributed by atoms with Crippen molar-refractivity contribution in [2.45, 2.75) is 58.0 Å². The summed E-state index contributed by atoms with van der Waals surface area (Å²) in [5.74, 6) is 1.17. The molecule has 2 rings (SSSR count). The number of nitrogens with one attached hydrogen (secondary N) is 1.